The van der Waals surface area contributed by atoms with E-state index in [-0.39, 0.29) is 0 Å². The van der Waals surface area contributed by atoms with Crippen molar-refractivity contribution in [3.63, 3.8) is 0 Å². The molecule has 1 saturated heterocycles. The number of hydrogen-bond donors (Lipinski definition) is 1. The fourth-order valence-corrected chi connectivity index (χ4v) is 2.38. The highest BCUT2D eigenvalue weighted by molar-refractivity contribution is 4.77. The molecule has 0 radical (unpaired) electrons. The quantitative estimate of drug-likeness (QED) is 0.727. The van der Waals surface area contributed by atoms with Gasteiger partial charge in [0.25, 0.3) is 0 Å². The van der Waals surface area contributed by atoms with E-state index in [0.29, 0.717) is 6.04 Å². The number of likely N-dealkylation sites (tertiary alicyclic amines) is 1. The molecule has 1 fully saturated rings. The Morgan fingerprint density at radius 2 is 2.07 bits per heavy atom. The van der Waals surface area contributed by atoms with Gasteiger partial charge in [-0.15, -0.1) is 0 Å². The zero-order valence-electron chi connectivity index (χ0n) is 10.9. The fourth-order valence-electron chi connectivity index (χ4n) is 2.38. The molecular formula is C13H28N2. The van der Waals surface area contributed by atoms with E-state index in [4.69, 9.17) is 0 Å². The second-order valence-corrected chi connectivity index (χ2v) is 5.43. The zero-order chi connectivity index (χ0) is 11.3. The Kier molecular flexibility index (Phi) is 5.62. The first-order chi connectivity index (χ1) is 7.13. The zero-order valence-corrected chi connectivity index (χ0v) is 10.9. The highest BCUT2D eigenvalue weighted by Crippen LogP contribution is 2.23. The van der Waals surface area contributed by atoms with E-state index < -0.39 is 0 Å². The molecule has 1 rings (SSSR count). The summed E-state index contributed by atoms with van der Waals surface area (Å²) in [4.78, 5) is 2.65. The largest absolute Gasteiger partial charge is 0.317 e. The maximum Gasteiger partial charge on any atom is 0.00362 e. The van der Waals surface area contributed by atoms with Crippen molar-refractivity contribution >= 4 is 0 Å². The molecule has 0 aromatic heterocycles. The molecule has 1 aliphatic rings. The van der Waals surface area contributed by atoms with Crippen LogP contribution in [0.15, 0.2) is 0 Å². The SMILES string of the molecule is CNC(C)CCCN1CCC(C(C)C)C1. The predicted molar refractivity (Wildman–Crippen MR) is 67.1 cm³/mol. The van der Waals surface area contributed by atoms with Crippen LogP contribution in [0, 0.1) is 11.8 Å². The maximum absolute atomic E-state index is 3.30. The van der Waals surface area contributed by atoms with E-state index in [2.05, 4.69) is 38.0 Å². The fraction of sp³-hybridized carbons (Fsp3) is 1.00. The molecule has 2 heteroatoms. The molecule has 1 N–H and O–H groups in total. The smallest absolute Gasteiger partial charge is 0.00362 e. The Hall–Kier alpha value is -0.0800. The molecule has 1 aliphatic heterocycles. The third kappa shape index (κ3) is 4.52. The van der Waals surface area contributed by atoms with Gasteiger partial charge >= 0.3 is 0 Å². The molecule has 15 heavy (non-hydrogen) atoms. The van der Waals surface area contributed by atoms with Gasteiger partial charge in [-0.3, -0.25) is 0 Å². The highest BCUT2D eigenvalue weighted by atomic mass is 15.1. The van der Waals surface area contributed by atoms with E-state index in [9.17, 15) is 0 Å². The number of hydrogen-bond acceptors (Lipinski definition) is 2. The predicted octanol–water partition coefficient (Wildman–Crippen LogP) is 2.35. The van der Waals surface area contributed by atoms with E-state index in [1.807, 2.05) is 0 Å². The molecular weight excluding hydrogens is 184 g/mol. The van der Waals surface area contributed by atoms with Crippen molar-refractivity contribution < 1.29 is 0 Å². The Bertz CT molecular complexity index is 168. The van der Waals surface area contributed by atoms with Gasteiger partial charge in [0.2, 0.25) is 0 Å². The molecule has 0 aliphatic carbocycles. The minimum Gasteiger partial charge on any atom is -0.317 e. The van der Waals surface area contributed by atoms with Gasteiger partial charge in [-0.2, -0.15) is 0 Å². The Balaban J connectivity index is 2.09. The van der Waals surface area contributed by atoms with Crippen LogP contribution in [0.4, 0.5) is 0 Å². The van der Waals surface area contributed by atoms with Crippen molar-refractivity contribution in [2.24, 2.45) is 11.8 Å². The lowest BCUT2D eigenvalue weighted by Crippen LogP contribution is -2.26. The normalized spacial score (nSPS) is 25.0. The van der Waals surface area contributed by atoms with Gasteiger partial charge in [-0.1, -0.05) is 13.8 Å². The van der Waals surface area contributed by atoms with Crippen molar-refractivity contribution in [2.45, 2.75) is 46.1 Å². The lowest BCUT2D eigenvalue weighted by atomic mass is 9.95. The van der Waals surface area contributed by atoms with Gasteiger partial charge < -0.3 is 10.2 Å². The van der Waals surface area contributed by atoms with E-state index in [1.54, 1.807) is 0 Å². The van der Waals surface area contributed by atoms with Crippen LogP contribution in [0.3, 0.4) is 0 Å². The van der Waals surface area contributed by atoms with Gasteiger partial charge in [0, 0.05) is 12.6 Å². The second-order valence-electron chi connectivity index (χ2n) is 5.43. The van der Waals surface area contributed by atoms with Crippen molar-refractivity contribution in [3.8, 4) is 0 Å². The molecule has 0 aromatic rings. The van der Waals surface area contributed by atoms with Gasteiger partial charge in [0.1, 0.15) is 0 Å². The van der Waals surface area contributed by atoms with Crippen LogP contribution in [0.25, 0.3) is 0 Å². The van der Waals surface area contributed by atoms with Crippen molar-refractivity contribution in [1.29, 1.82) is 0 Å². The third-order valence-electron chi connectivity index (χ3n) is 3.86. The second kappa shape index (κ2) is 6.49. The Morgan fingerprint density at radius 1 is 1.33 bits per heavy atom. The summed E-state index contributed by atoms with van der Waals surface area (Å²) in [6, 6.07) is 0.675. The summed E-state index contributed by atoms with van der Waals surface area (Å²) < 4.78 is 0. The lowest BCUT2D eigenvalue weighted by molar-refractivity contribution is 0.293. The van der Waals surface area contributed by atoms with E-state index in [0.717, 1.165) is 11.8 Å². The summed E-state index contributed by atoms with van der Waals surface area (Å²) in [5.41, 5.74) is 0. The van der Waals surface area contributed by atoms with Crippen LogP contribution in [0.1, 0.15) is 40.0 Å². The molecule has 2 nitrogen and oxygen atoms in total. The monoisotopic (exact) mass is 212 g/mol. The first-order valence-electron chi connectivity index (χ1n) is 6.53. The van der Waals surface area contributed by atoms with E-state index >= 15 is 0 Å². The minimum absolute atomic E-state index is 0.675. The summed E-state index contributed by atoms with van der Waals surface area (Å²) >= 11 is 0. The van der Waals surface area contributed by atoms with Gasteiger partial charge in [-0.05, 0) is 58.2 Å². The first-order valence-corrected chi connectivity index (χ1v) is 6.53. The number of nitrogens with one attached hydrogen (secondary N) is 1. The molecule has 0 saturated carbocycles. The van der Waals surface area contributed by atoms with Crippen LogP contribution >= 0.6 is 0 Å². The van der Waals surface area contributed by atoms with Crippen LogP contribution in [0.2, 0.25) is 0 Å². The van der Waals surface area contributed by atoms with Crippen LogP contribution < -0.4 is 5.32 Å². The molecule has 0 bridgehead atoms. The average Bonchev–Trinajstić information content (AvgIpc) is 2.66. The minimum atomic E-state index is 0.675. The molecule has 0 amide bonds. The summed E-state index contributed by atoms with van der Waals surface area (Å²) in [6.07, 6.45) is 4.06. The van der Waals surface area contributed by atoms with Crippen molar-refractivity contribution in [2.75, 3.05) is 26.7 Å². The van der Waals surface area contributed by atoms with Gasteiger partial charge in [0.15, 0.2) is 0 Å². The third-order valence-corrected chi connectivity index (χ3v) is 3.86. The molecule has 2 atom stereocenters. The maximum atomic E-state index is 3.30. The van der Waals surface area contributed by atoms with Crippen LogP contribution in [0.5, 0.6) is 0 Å². The van der Waals surface area contributed by atoms with Crippen molar-refractivity contribution in [1.82, 2.24) is 10.2 Å². The van der Waals surface area contributed by atoms with Crippen LogP contribution in [-0.4, -0.2) is 37.6 Å². The summed E-state index contributed by atoms with van der Waals surface area (Å²) in [7, 11) is 2.05. The van der Waals surface area contributed by atoms with E-state index in [1.165, 1.54) is 38.9 Å². The standard InChI is InChI=1S/C13H28N2/c1-11(2)13-7-9-15(10-13)8-5-6-12(3)14-4/h11-14H,5-10H2,1-4H3. The Morgan fingerprint density at radius 3 is 2.60 bits per heavy atom. The van der Waals surface area contributed by atoms with Crippen molar-refractivity contribution in [3.05, 3.63) is 0 Å². The molecule has 0 aromatic carbocycles. The number of rotatable bonds is 6. The molecule has 0 spiro atoms. The van der Waals surface area contributed by atoms with Gasteiger partial charge in [-0.25, -0.2) is 0 Å². The summed E-state index contributed by atoms with van der Waals surface area (Å²) in [5.74, 6) is 1.82. The summed E-state index contributed by atoms with van der Waals surface area (Å²) in [6.45, 7) is 11.0. The number of nitrogens with zero attached hydrogens (tertiary/aromatic N) is 1. The average molecular weight is 212 g/mol. The molecule has 1 heterocycles. The topological polar surface area (TPSA) is 15.3 Å². The molecule has 2 unspecified atom stereocenters. The highest BCUT2D eigenvalue weighted by Gasteiger charge is 2.24. The van der Waals surface area contributed by atoms with Crippen LogP contribution in [-0.2, 0) is 0 Å². The summed E-state index contributed by atoms with van der Waals surface area (Å²) in [5, 5.41) is 3.30. The first kappa shape index (κ1) is 13.0. The Labute approximate surface area is 95.4 Å². The van der Waals surface area contributed by atoms with Gasteiger partial charge in [0.05, 0.1) is 0 Å². The molecule has 90 valence electrons. The lowest BCUT2D eigenvalue weighted by Gasteiger charge is -2.18.